The predicted molar refractivity (Wildman–Crippen MR) is 63.6 cm³/mol. The van der Waals surface area contributed by atoms with Crippen molar-refractivity contribution in [1.82, 2.24) is 10.1 Å². The molecule has 0 saturated carbocycles. The van der Waals surface area contributed by atoms with E-state index < -0.39 is 0 Å². The molecule has 0 bridgehead atoms. The number of nitrogens with zero attached hydrogens (tertiary/aromatic N) is 2. The van der Waals surface area contributed by atoms with Crippen molar-refractivity contribution in [2.24, 2.45) is 5.73 Å². The van der Waals surface area contributed by atoms with Crippen LogP contribution in [0.4, 0.5) is 0 Å². The highest BCUT2D eigenvalue weighted by molar-refractivity contribution is 5.56. The van der Waals surface area contributed by atoms with Crippen LogP contribution in [0.3, 0.4) is 0 Å². The number of nitrogens with two attached hydrogens (primary N) is 1. The highest BCUT2D eigenvalue weighted by Crippen LogP contribution is 2.21. The van der Waals surface area contributed by atoms with E-state index in [1.54, 1.807) is 7.11 Å². The molecule has 1 atom stereocenters. The molecule has 0 amide bonds. The van der Waals surface area contributed by atoms with Crippen molar-refractivity contribution < 1.29 is 9.26 Å². The fourth-order valence-electron chi connectivity index (χ4n) is 1.49. The summed E-state index contributed by atoms with van der Waals surface area (Å²) in [6.07, 6.45) is 0.580. The first kappa shape index (κ1) is 11.6. The average Bonchev–Trinajstić information content (AvgIpc) is 2.77. The van der Waals surface area contributed by atoms with Gasteiger partial charge in [0.15, 0.2) is 0 Å². The van der Waals surface area contributed by atoms with Gasteiger partial charge in [-0.15, -0.1) is 0 Å². The molecule has 0 aliphatic carbocycles. The molecule has 0 spiro atoms. The molecule has 0 aliphatic rings. The summed E-state index contributed by atoms with van der Waals surface area (Å²) in [6.45, 7) is 1.90. The van der Waals surface area contributed by atoms with E-state index in [0.29, 0.717) is 18.1 Å². The van der Waals surface area contributed by atoms with Crippen LogP contribution in [0.25, 0.3) is 11.4 Å². The van der Waals surface area contributed by atoms with Gasteiger partial charge < -0.3 is 15.0 Å². The van der Waals surface area contributed by atoms with E-state index in [4.69, 9.17) is 15.0 Å². The Labute approximate surface area is 99.6 Å². The monoisotopic (exact) mass is 233 g/mol. The fraction of sp³-hybridized carbons (Fsp3) is 0.333. The van der Waals surface area contributed by atoms with E-state index >= 15 is 0 Å². The van der Waals surface area contributed by atoms with E-state index in [0.717, 1.165) is 11.3 Å². The number of hydrogen-bond donors (Lipinski definition) is 1. The summed E-state index contributed by atoms with van der Waals surface area (Å²) in [5.41, 5.74) is 6.54. The van der Waals surface area contributed by atoms with E-state index in [1.165, 1.54) is 0 Å². The zero-order valence-corrected chi connectivity index (χ0v) is 9.88. The lowest BCUT2D eigenvalue weighted by molar-refractivity contribution is 0.372. The first-order valence-corrected chi connectivity index (χ1v) is 5.41. The summed E-state index contributed by atoms with van der Waals surface area (Å²) in [5, 5.41) is 3.92. The second-order valence-corrected chi connectivity index (χ2v) is 3.93. The highest BCUT2D eigenvalue weighted by atomic mass is 16.5. The Kier molecular flexibility index (Phi) is 3.39. The van der Waals surface area contributed by atoms with Crippen LogP contribution in [-0.4, -0.2) is 23.3 Å². The Hall–Kier alpha value is -1.88. The maximum Gasteiger partial charge on any atom is 0.228 e. The Morgan fingerprint density at radius 3 is 3.00 bits per heavy atom. The minimum absolute atomic E-state index is 0.00797. The van der Waals surface area contributed by atoms with Crippen LogP contribution in [0.15, 0.2) is 28.8 Å². The first-order valence-electron chi connectivity index (χ1n) is 5.41. The molecule has 90 valence electrons. The lowest BCUT2D eigenvalue weighted by atomic mass is 10.2. The fourth-order valence-corrected chi connectivity index (χ4v) is 1.49. The molecule has 0 fully saturated rings. The Balaban J connectivity index is 2.24. The number of benzene rings is 1. The molecule has 2 aromatic rings. The van der Waals surface area contributed by atoms with Crippen molar-refractivity contribution >= 4 is 0 Å². The molecule has 1 unspecified atom stereocenters. The zero-order valence-electron chi connectivity index (χ0n) is 9.88. The van der Waals surface area contributed by atoms with Crippen LogP contribution < -0.4 is 10.5 Å². The predicted octanol–water partition coefficient (Wildman–Crippen LogP) is 1.63. The maximum absolute atomic E-state index is 5.67. The van der Waals surface area contributed by atoms with E-state index in [9.17, 15) is 0 Å². The zero-order chi connectivity index (χ0) is 12.3. The van der Waals surface area contributed by atoms with Gasteiger partial charge in [-0.05, 0) is 19.1 Å². The lowest BCUT2D eigenvalue weighted by Gasteiger charge is -2.00. The molecule has 0 saturated heterocycles. The van der Waals surface area contributed by atoms with Crippen molar-refractivity contribution in [2.75, 3.05) is 7.11 Å². The van der Waals surface area contributed by atoms with Gasteiger partial charge in [-0.2, -0.15) is 4.98 Å². The molecule has 0 radical (unpaired) electrons. The Bertz CT molecular complexity index is 494. The standard InChI is InChI=1S/C12H15N3O2/c1-8(13)6-11-14-12(15-17-11)9-4-3-5-10(7-9)16-2/h3-5,7-8H,6,13H2,1-2H3. The molecular formula is C12H15N3O2. The molecular weight excluding hydrogens is 218 g/mol. The topological polar surface area (TPSA) is 74.2 Å². The Morgan fingerprint density at radius 2 is 2.29 bits per heavy atom. The molecule has 2 rings (SSSR count). The molecule has 5 nitrogen and oxygen atoms in total. The van der Waals surface area contributed by atoms with Gasteiger partial charge in [0.1, 0.15) is 5.75 Å². The number of hydrogen-bond acceptors (Lipinski definition) is 5. The maximum atomic E-state index is 5.67. The average molecular weight is 233 g/mol. The minimum atomic E-state index is 0.00797. The summed E-state index contributed by atoms with van der Waals surface area (Å²) in [6, 6.07) is 7.53. The van der Waals surface area contributed by atoms with Gasteiger partial charge in [0, 0.05) is 18.0 Å². The van der Waals surface area contributed by atoms with Crippen LogP contribution in [0.5, 0.6) is 5.75 Å². The molecule has 17 heavy (non-hydrogen) atoms. The third kappa shape index (κ3) is 2.82. The van der Waals surface area contributed by atoms with E-state index in [1.807, 2.05) is 31.2 Å². The molecule has 0 aliphatic heterocycles. The summed E-state index contributed by atoms with van der Waals surface area (Å²) in [4.78, 5) is 4.28. The van der Waals surface area contributed by atoms with Crippen LogP contribution in [-0.2, 0) is 6.42 Å². The molecule has 1 heterocycles. The molecule has 1 aromatic heterocycles. The van der Waals surface area contributed by atoms with Gasteiger partial charge in [-0.1, -0.05) is 17.3 Å². The van der Waals surface area contributed by atoms with Crippen LogP contribution >= 0.6 is 0 Å². The van der Waals surface area contributed by atoms with Crippen molar-refractivity contribution in [3.8, 4) is 17.1 Å². The number of ether oxygens (including phenoxy) is 1. The molecule has 5 heteroatoms. The minimum Gasteiger partial charge on any atom is -0.497 e. The smallest absolute Gasteiger partial charge is 0.228 e. The quantitative estimate of drug-likeness (QED) is 0.868. The van der Waals surface area contributed by atoms with Gasteiger partial charge in [-0.3, -0.25) is 0 Å². The van der Waals surface area contributed by atoms with Gasteiger partial charge >= 0.3 is 0 Å². The Morgan fingerprint density at radius 1 is 1.47 bits per heavy atom. The van der Waals surface area contributed by atoms with Gasteiger partial charge in [0.25, 0.3) is 0 Å². The van der Waals surface area contributed by atoms with Gasteiger partial charge in [0.05, 0.1) is 7.11 Å². The van der Waals surface area contributed by atoms with Crippen molar-refractivity contribution in [2.45, 2.75) is 19.4 Å². The van der Waals surface area contributed by atoms with Crippen molar-refractivity contribution in [3.05, 3.63) is 30.2 Å². The lowest BCUT2D eigenvalue weighted by Crippen LogP contribution is -2.17. The van der Waals surface area contributed by atoms with E-state index in [-0.39, 0.29) is 6.04 Å². The summed E-state index contributed by atoms with van der Waals surface area (Å²) in [5.74, 6) is 1.87. The summed E-state index contributed by atoms with van der Waals surface area (Å²) in [7, 11) is 1.62. The van der Waals surface area contributed by atoms with Gasteiger partial charge in [-0.25, -0.2) is 0 Å². The number of aromatic nitrogens is 2. The SMILES string of the molecule is COc1cccc(-c2noc(CC(C)N)n2)c1. The number of methoxy groups -OCH3 is 1. The second kappa shape index (κ2) is 4.97. The van der Waals surface area contributed by atoms with Crippen molar-refractivity contribution in [3.63, 3.8) is 0 Å². The van der Waals surface area contributed by atoms with Crippen LogP contribution in [0.2, 0.25) is 0 Å². The van der Waals surface area contributed by atoms with E-state index in [2.05, 4.69) is 10.1 Å². The van der Waals surface area contributed by atoms with Crippen molar-refractivity contribution in [1.29, 1.82) is 0 Å². The summed E-state index contributed by atoms with van der Waals surface area (Å²) >= 11 is 0. The number of rotatable bonds is 4. The normalized spacial score (nSPS) is 12.4. The highest BCUT2D eigenvalue weighted by Gasteiger charge is 2.10. The second-order valence-electron chi connectivity index (χ2n) is 3.93. The third-order valence-electron chi connectivity index (χ3n) is 2.29. The van der Waals surface area contributed by atoms with Crippen LogP contribution in [0, 0.1) is 0 Å². The largest absolute Gasteiger partial charge is 0.497 e. The third-order valence-corrected chi connectivity index (χ3v) is 2.29. The molecule has 2 N–H and O–H groups in total. The summed E-state index contributed by atoms with van der Waals surface area (Å²) < 4.78 is 10.3. The van der Waals surface area contributed by atoms with Gasteiger partial charge in [0.2, 0.25) is 11.7 Å². The first-order chi connectivity index (χ1) is 8.19. The van der Waals surface area contributed by atoms with Crippen LogP contribution in [0.1, 0.15) is 12.8 Å². The molecule has 1 aromatic carbocycles.